The van der Waals surface area contributed by atoms with Crippen LogP contribution in [0.2, 0.25) is 0 Å². The second-order valence-electron chi connectivity index (χ2n) is 21.2. The lowest BCUT2D eigenvalue weighted by molar-refractivity contribution is 0.202. The quantitative estimate of drug-likeness (QED) is 0.134. The predicted octanol–water partition coefficient (Wildman–Crippen LogP) is 18.4. The summed E-state index contributed by atoms with van der Waals surface area (Å²) in [6.07, 6.45) is 0. The zero-order valence-corrected chi connectivity index (χ0v) is 44.0. The van der Waals surface area contributed by atoms with E-state index >= 15 is 0 Å². The molecule has 4 heteroatoms. The van der Waals surface area contributed by atoms with E-state index in [1.807, 2.05) is 0 Å². The summed E-state index contributed by atoms with van der Waals surface area (Å²) < 4.78 is 9.43. The Morgan fingerprint density at radius 2 is 0.371 bits per heavy atom. The Morgan fingerprint density at radius 1 is 0.229 bits per heavy atom. The molecule has 6 aromatic carbocycles. The van der Waals surface area contributed by atoms with Crippen LogP contribution >= 0.6 is 8.37 Å². The van der Waals surface area contributed by atoms with Crippen molar-refractivity contribution in [3.05, 3.63) is 246 Å². The Balaban J connectivity index is 1.29. The van der Waals surface area contributed by atoms with Crippen molar-refractivity contribution in [1.82, 2.24) is 14.0 Å². The van der Waals surface area contributed by atoms with Crippen LogP contribution in [0.4, 0.5) is 0 Å². The second-order valence-corrected chi connectivity index (χ2v) is 23.1. The first-order valence-corrected chi connectivity index (χ1v) is 26.8. The number of hydrogen-bond acceptors (Lipinski definition) is 3. The van der Waals surface area contributed by atoms with E-state index < -0.39 is 8.37 Å². The minimum atomic E-state index is -1.54. The van der Waals surface area contributed by atoms with Gasteiger partial charge in [0.15, 0.2) is 0 Å². The van der Waals surface area contributed by atoms with Crippen molar-refractivity contribution < 1.29 is 0 Å². The summed E-state index contributed by atoms with van der Waals surface area (Å²) in [6.45, 7) is 29.1. The molecule has 0 saturated heterocycles. The summed E-state index contributed by atoms with van der Waals surface area (Å²) in [5.41, 5.74) is 33.8. The van der Waals surface area contributed by atoms with Crippen LogP contribution in [0.3, 0.4) is 0 Å². The molecular formula is C66H66N3P. The fourth-order valence-electron chi connectivity index (χ4n) is 13.8. The number of nitrogens with zero attached hydrogens (tertiary/aromatic N) is 3. The standard InChI is InChI=1S/C66H66N3P/c1-37-43(7)61(55-31-19-13-25-49(37)55)67(62-44(8)38(2)50-26-14-20-32-56(50)62)70(68(63-45(9)39(3)51-27-15-21-33-57(51)63)64-46(10)40(4)52-28-16-22-34-58(52)64)69(65-47(11)41(5)53-29-17-23-35-59(53)65)66-48(12)42(6)54-30-18-24-36-60(54)66/h13-36,61-66H,1-12H3. The Morgan fingerprint density at radius 3 is 0.529 bits per heavy atom. The molecule has 0 amide bonds. The maximum absolute atomic E-state index is 3.14. The fourth-order valence-corrected chi connectivity index (χ4v) is 17.6. The van der Waals surface area contributed by atoms with Crippen LogP contribution in [0, 0.1) is 0 Å². The van der Waals surface area contributed by atoms with Gasteiger partial charge >= 0.3 is 0 Å². The van der Waals surface area contributed by atoms with Crippen LogP contribution in [-0.2, 0) is 0 Å². The molecule has 350 valence electrons. The van der Waals surface area contributed by atoms with Crippen molar-refractivity contribution in [3.8, 4) is 0 Å². The summed E-state index contributed by atoms with van der Waals surface area (Å²) in [4.78, 5) is 0. The number of fused-ring (bicyclic) bond motifs is 6. The lowest BCUT2D eigenvalue weighted by Gasteiger charge is -2.57. The van der Waals surface area contributed by atoms with Gasteiger partial charge in [-0.2, -0.15) is 0 Å². The molecule has 0 fully saturated rings. The van der Waals surface area contributed by atoms with Crippen molar-refractivity contribution in [2.45, 2.75) is 119 Å². The molecule has 6 aromatic rings. The number of hydrogen-bond donors (Lipinski definition) is 0. The Bertz CT molecular complexity index is 2850. The van der Waals surface area contributed by atoms with Crippen LogP contribution < -0.4 is 0 Å². The first-order chi connectivity index (χ1) is 33.8. The Hall–Kier alpha value is -5.93. The number of rotatable bonds is 9. The van der Waals surface area contributed by atoms with Crippen LogP contribution in [0.1, 0.15) is 186 Å². The highest BCUT2D eigenvalue weighted by Gasteiger charge is 2.57. The van der Waals surface area contributed by atoms with Crippen LogP contribution in [0.25, 0.3) is 33.4 Å². The van der Waals surface area contributed by atoms with Gasteiger partial charge < -0.3 is 0 Å². The molecule has 6 unspecified atom stereocenters. The van der Waals surface area contributed by atoms with Gasteiger partial charge in [-0.3, -0.25) is 0 Å². The van der Waals surface area contributed by atoms with Gasteiger partial charge in [0.25, 0.3) is 0 Å². The highest BCUT2D eigenvalue weighted by Crippen LogP contribution is 2.74. The summed E-state index contributed by atoms with van der Waals surface area (Å²) in [7, 11) is -1.54. The summed E-state index contributed by atoms with van der Waals surface area (Å²) >= 11 is 0. The SMILES string of the molecule is CC1=C(C)C(N(C2C(C)=C(C)c3ccccc32)P(N(C2C(C)=C(C)c3ccccc32)C2C(C)=C(C)c3ccccc32)N(C2C(C)=C(C)c3ccccc32)C2C(C)=C(C)c3ccccc32)c2ccccc21. The molecule has 0 spiro atoms. The minimum Gasteiger partial charge on any atom is -0.235 e. The average Bonchev–Trinajstić information content (AvgIpc) is 4.12. The smallest absolute Gasteiger partial charge is 0.125 e. The minimum absolute atomic E-state index is 0.0145. The third-order valence-corrected chi connectivity index (χ3v) is 20.8. The predicted molar refractivity (Wildman–Crippen MR) is 297 cm³/mol. The number of allylic oxidation sites excluding steroid dienone is 6. The van der Waals surface area contributed by atoms with Crippen LogP contribution in [0.5, 0.6) is 0 Å². The molecule has 0 heterocycles. The first kappa shape index (κ1) is 45.2. The fraction of sp³-hybridized carbons (Fsp3) is 0.273. The number of benzene rings is 6. The molecule has 6 aliphatic rings. The van der Waals surface area contributed by atoms with Gasteiger partial charge in [-0.1, -0.05) is 146 Å². The molecule has 70 heavy (non-hydrogen) atoms. The van der Waals surface area contributed by atoms with Crippen molar-refractivity contribution in [3.63, 3.8) is 0 Å². The molecule has 3 nitrogen and oxygen atoms in total. The van der Waals surface area contributed by atoms with Crippen LogP contribution in [0.15, 0.2) is 179 Å². The van der Waals surface area contributed by atoms with Gasteiger partial charge in [0.2, 0.25) is 0 Å². The summed E-state index contributed by atoms with van der Waals surface area (Å²) in [5, 5.41) is 0. The molecule has 0 saturated carbocycles. The Labute approximate surface area is 418 Å². The molecule has 0 aliphatic heterocycles. The van der Waals surface area contributed by atoms with Gasteiger partial charge in [-0.15, -0.1) is 0 Å². The maximum Gasteiger partial charge on any atom is 0.125 e. The van der Waals surface area contributed by atoms with Gasteiger partial charge in [-0.05, 0) is 217 Å². The van der Waals surface area contributed by atoms with E-state index in [9.17, 15) is 0 Å². The molecule has 12 rings (SSSR count). The molecule has 0 N–H and O–H groups in total. The largest absolute Gasteiger partial charge is 0.235 e. The van der Waals surface area contributed by atoms with Crippen molar-refractivity contribution in [2.24, 2.45) is 0 Å². The highest BCUT2D eigenvalue weighted by molar-refractivity contribution is 7.50. The van der Waals surface area contributed by atoms with E-state index in [0.717, 1.165) is 0 Å². The zero-order chi connectivity index (χ0) is 48.6. The molecule has 6 aliphatic carbocycles. The summed E-state index contributed by atoms with van der Waals surface area (Å²) in [5.74, 6) is 0. The Kier molecular flexibility index (Phi) is 10.9. The molecule has 0 aromatic heterocycles. The van der Waals surface area contributed by atoms with Gasteiger partial charge in [-0.25, -0.2) is 14.0 Å². The van der Waals surface area contributed by atoms with E-state index in [1.54, 1.807) is 0 Å². The van der Waals surface area contributed by atoms with E-state index in [2.05, 4.69) is 243 Å². The normalized spacial score (nSPS) is 23.7. The highest BCUT2D eigenvalue weighted by atomic mass is 31.2. The van der Waals surface area contributed by atoms with Crippen molar-refractivity contribution in [2.75, 3.05) is 0 Å². The first-order valence-electron chi connectivity index (χ1n) is 25.6. The average molecular weight is 932 g/mol. The topological polar surface area (TPSA) is 9.72 Å². The molecular weight excluding hydrogens is 866 g/mol. The van der Waals surface area contributed by atoms with E-state index in [1.165, 1.54) is 134 Å². The van der Waals surface area contributed by atoms with Crippen LogP contribution in [-0.4, -0.2) is 14.0 Å². The van der Waals surface area contributed by atoms with E-state index in [0.29, 0.717) is 0 Å². The second kappa shape index (κ2) is 16.9. The van der Waals surface area contributed by atoms with Crippen molar-refractivity contribution in [1.29, 1.82) is 0 Å². The van der Waals surface area contributed by atoms with Gasteiger partial charge in [0.05, 0.1) is 36.3 Å². The third-order valence-electron chi connectivity index (χ3n) is 18.2. The van der Waals surface area contributed by atoms with E-state index in [4.69, 9.17) is 0 Å². The third kappa shape index (κ3) is 6.28. The van der Waals surface area contributed by atoms with Gasteiger partial charge in [0, 0.05) is 0 Å². The summed E-state index contributed by atoms with van der Waals surface area (Å²) in [6, 6.07) is 56.3. The van der Waals surface area contributed by atoms with Gasteiger partial charge in [0.1, 0.15) is 8.37 Å². The monoisotopic (exact) mass is 931 g/mol. The molecule has 0 radical (unpaired) electrons. The van der Waals surface area contributed by atoms with E-state index in [-0.39, 0.29) is 36.3 Å². The van der Waals surface area contributed by atoms with Crippen molar-refractivity contribution >= 4 is 41.8 Å². The maximum atomic E-state index is 3.14. The lowest BCUT2D eigenvalue weighted by atomic mass is 9.98. The molecule has 0 bridgehead atoms. The molecule has 6 atom stereocenters. The zero-order valence-electron chi connectivity index (χ0n) is 43.1. The lowest BCUT2D eigenvalue weighted by Crippen LogP contribution is -2.46.